The van der Waals surface area contributed by atoms with Gasteiger partial charge in [-0.25, -0.2) is 0 Å². The molecule has 1 aliphatic carbocycles. The number of aliphatic hydroxyl groups excluding tert-OH is 1. The number of hydrogen-bond acceptors (Lipinski definition) is 2. The number of anilines is 1. The van der Waals surface area contributed by atoms with Gasteiger partial charge in [-0.2, -0.15) is 0 Å². The van der Waals surface area contributed by atoms with Crippen LogP contribution in [-0.4, -0.2) is 11.1 Å². The van der Waals surface area contributed by atoms with Gasteiger partial charge in [0.25, 0.3) is 0 Å². The van der Waals surface area contributed by atoms with E-state index in [0.717, 1.165) is 11.3 Å². The first-order valence-corrected chi connectivity index (χ1v) is 5.35. The molecule has 2 N–H and O–H groups in total. The summed E-state index contributed by atoms with van der Waals surface area (Å²) >= 11 is 0. The summed E-state index contributed by atoms with van der Waals surface area (Å²) in [5.74, 6) is 0. The molecule has 1 saturated carbocycles. The van der Waals surface area contributed by atoms with E-state index >= 15 is 0 Å². The second kappa shape index (κ2) is 4.47. The standard InChI is InChI=1S/C12H17NO/c14-9-10-5-1-4-8-12(10)13-11-6-2-3-7-11/h1,4-5,8,11,13-14H,2-3,6-7,9H2. The third kappa shape index (κ3) is 2.07. The summed E-state index contributed by atoms with van der Waals surface area (Å²) in [5, 5.41) is 12.7. The Morgan fingerprint density at radius 2 is 1.93 bits per heavy atom. The third-order valence-corrected chi connectivity index (χ3v) is 2.90. The highest BCUT2D eigenvalue weighted by Gasteiger charge is 2.15. The van der Waals surface area contributed by atoms with Crippen LogP contribution in [0.3, 0.4) is 0 Å². The van der Waals surface area contributed by atoms with Crippen molar-refractivity contribution in [3.05, 3.63) is 29.8 Å². The number of hydrogen-bond donors (Lipinski definition) is 2. The molecule has 0 spiro atoms. The topological polar surface area (TPSA) is 32.3 Å². The van der Waals surface area contributed by atoms with E-state index in [4.69, 9.17) is 5.11 Å². The van der Waals surface area contributed by atoms with E-state index in [1.165, 1.54) is 25.7 Å². The maximum absolute atomic E-state index is 9.15. The van der Waals surface area contributed by atoms with Crippen LogP contribution < -0.4 is 5.32 Å². The quantitative estimate of drug-likeness (QED) is 0.769. The van der Waals surface area contributed by atoms with Crippen molar-refractivity contribution in [1.82, 2.24) is 0 Å². The second-order valence-corrected chi connectivity index (χ2v) is 3.94. The highest BCUT2D eigenvalue weighted by molar-refractivity contribution is 5.51. The molecule has 2 nitrogen and oxygen atoms in total. The Balaban J connectivity index is 2.07. The van der Waals surface area contributed by atoms with Crippen LogP contribution >= 0.6 is 0 Å². The number of benzene rings is 1. The predicted octanol–water partition coefficient (Wildman–Crippen LogP) is 2.53. The number of nitrogens with one attached hydrogen (secondary N) is 1. The molecule has 1 fully saturated rings. The van der Waals surface area contributed by atoms with Crippen LogP contribution in [0.4, 0.5) is 5.69 Å². The summed E-state index contributed by atoms with van der Waals surface area (Å²) in [7, 11) is 0. The highest BCUT2D eigenvalue weighted by Crippen LogP contribution is 2.24. The molecule has 14 heavy (non-hydrogen) atoms. The first kappa shape index (κ1) is 9.53. The van der Waals surface area contributed by atoms with Crippen LogP contribution in [0.2, 0.25) is 0 Å². The van der Waals surface area contributed by atoms with E-state index in [2.05, 4.69) is 5.32 Å². The predicted molar refractivity (Wildman–Crippen MR) is 58.2 cm³/mol. The Morgan fingerprint density at radius 3 is 2.64 bits per heavy atom. The first-order valence-electron chi connectivity index (χ1n) is 5.35. The summed E-state index contributed by atoms with van der Waals surface area (Å²) in [6.45, 7) is 0.121. The van der Waals surface area contributed by atoms with Crippen LogP contribution in [0.5, 0.6) is 0 Å². The van der Waals surface area contributed by atoms with Gasteiger partial charge in [-0.05, 0) is 18.9 Å². The van der Waals surface area contributed by atoms with E-state index in [1.807, 2.05) is 24.3 Å². The Labute approximate surface area is 85.0 Å². The Bertz CT molecular complexity index is 292. The molecule has 0 unspecified atom stereocenters. The molecule has 0 radical (unpaired) electrons. The van der Waals surface area contributed by atoms with E-state index in [0.29, 0.717) is 6.04 Å². The minimum absolute atomic E-state index is 0.121. The summed E-state index contributed by atoms with van der Waals surface area (Å²) in [6, 6.07) is 8.60. The summed E-state index contributed by atoms with van der Waals surface area (Å²) in [6.07, 6.45) is 5.19. The van der Waals surface area contributed by atoms with Crippen molar-refractivity contribution in [3.8, 4) is 0 Å². The van der Waals surface area contributed by atoms with Gasteiger partial charge in [-0.15, -0.1) is 0 Å². The summed E-state index contributed by atoms with van der Waals surface area (Å²) in [5.41, 5.74) is 2.10. The van der Waals surface area contributed by atoms with Crippen LogP contribution in [0.1, 0.15) is 31.2 Å². The lowest BCUT2D eigenvalue weighted by molar-refractivity contribution is 0.282. The Morgan fingerprint density at radius 1 is 1.21 bits per heavy atom. The fourth-order valence-corrected chi connectivity index (χ4v) is 2.09. The SMILES string of the molecule is OCc1ccccc1NC1CCCC1. The van der Waals surface area contributed by atoms with Gasteiger partial charge in [0.05, 0.1) is 6.61 Å². The van der Waals surface area contributed by atoms with Crippen LogP contribution in [0.15, 0.2) is 24.3 Å². The zero-order valence-electron chi connectivity index (χ0n) is 8.37. The highest BCUT2D eigenvalue weighted by atomic mass is 16.3. The van der Waals surface area contributed by atoms with Crippen molar-refractivity contribution in [2.45, 2.75) is 38.3 Å². The van der Waals surface area contributed by atoms with Gasteiger partial charge in [-0.3, -0.25) is 0 Å². The number of aliphatic hydroxyl groups is 1. The van der Waals surface area contributed by atoms with Gasteiger partial charge in [0.1, 0.15) is 0 Å². The lowest BCUT2D eigenvalue weighted by Gasteiger charge is -2.15. The molecule has 0 amide bonds. The first-order chi connectivity index (χ1) is 6.90. The molecule has 1 aromatic carbocycles. The molecule has 1 aromatic rings. The van der Waals surface area contributed by atoms with Crippen LogP contribution in [0.25, 0.3) is 0 Å². The van der Waals surface area contributed by atoms with Gasteiger partial charge in [-0.1, -0.05) is 31.0 Å². The molecule has 2 rings (SSSR count). The molecule has 0 aliphatic heterocycles. The second-order valence-electron chi connectivity index (χ2n) is 3.94. The minimum Gasteiger partial charge on any atom is -0.392 e. The van der Waals surface area contributed by atoms with E-state index in [9.17, 15) is 0 Å². The van der Waals surface area contributed by atoms with E-state index < -0.39 is 0 Å². The fourth-order valence-electron chi connectivity index (χ4n) is 2.09. The Hall–Kier alpha value is -1.02. The molecular formula is C12H17NO. The Kier molecular flexibility index (Phi) is 3.04. The van der Waals surface area contributed by atoms with E-state index in [-0.39, 0.29) is 6.61 Å². The number of rotatable bonds is 3. The molecule has 0 aromatic heterocycles. The van der Waals surface area contributed by atoms with Gasteiger partial charge < -0.3 is 10.4 Å². The van der Waals surface area contributed by atoms with Crippen LogP contribution in [0, 0.1) is 0 Å². The monoisotopic (exact) mass is 191 g/mol. The average Bonchev–Trinajstić information content (AvgIpc) is 2.71. The molecule has 2 heteroatoms. The molecule has 0 bridgehead atoms. The lowest BCUT2D eigenvalue weighted by atomic mass is 10.1. The zero-order chi connectivity index (χ0) is 9.80. The van der Waals surface area contributed by atoms with Crippen molar-refractivity contribution in [2.24, 2.45) is 0 Å². The maximum atomic E-state index is 9.15. The normalized spacial score (nSPS) is 17.2. The molecule has 0 heterocycles. The molecular weight excluding hydrogens is 174 g/mol. The molecule has 0 atom stereocenters. The number of para-hydroxylation sites is 1. The van der Waals surface area contributed by atoms with Crippen molar-refractivity contribution in [1.29, 1.82) is 0 Å². The average molecular weight is 191 g/mol. The third-order valence-electron chi connectivity index (χ3n) is 2.90. The maximum Gasteiger partial charge on any atom is 0.0701 e. The van der Waals surface area contributed by atoms with Crippen molar-refractivity contribution in [2.75, 3.05) is 5.32 Å². The van der Waals surface area contributed by atoms with Crippen molar-refractivity contribution >= 4 is 5.69 Å². The molecule has 0 saturated heterocycles. The summed E-state index contributed by atoms with van der Waals surface area (Å²) < 4.78 is 0. The van der Waals surface area contributed by atoms with Gasteiger partial charge in [0, 0.05) is 17.3 Å². The smallest absolute Gasteiger partial charge is 0.0701 e. The zero-order valence-corrected chi connectivity index (χ0v) is 8.37. The minimum atomic E-state index is 0.121. The van der Waals surface area contributed by atoms with Gasteiger partial charge in [0.2, 0.25) is 0 Å². The molecule has 1 aliphatic rings. The largest absolute Gasteiger partial charge is 0.392 e. The summed E-state index contributed by atoms with van der Waals surface area (Å²) in [4.78, 5) is 0. The lowest BCUT2D eigenvalue weighted by Crippen LogP contribution is -2.15. The van der Waals surface area contributed by atoms with E-state index in [1.54, 1.807) is 0 Å². The fraction of sp³-hybridized carbons (Fsp3) is 0.500. The van der Waals surface area contributed by atoms with Gasteiger partial charge >= 0.3 is 0 Å². The van der Waals surface area contributed by atoms with Crippen molar-refractivity contribution in [3.63, 3.8) is 0 Å². The van der Waals surface area contributed by atoms with Crippen molar-refractivity contribution < 1.29 is 5.11 Å². The van der Waals surface area contributed by atoms with Crippen LogP contribution in [-0.2, 0) is 6.61 Å². The van der Waals surface area contributed by atoms with Gasteiger partial charge in [0.15, 0.2) is 0 Å². The molecule has 76 valence electrons.